The fourth-order valence-corrected chi connectivity index (χ4v) is 4.23. The molecule has 0 aromatic heterocycles. The van der Waals surface area contributed by atoms with E-state index in [1.165, 1.54) is 27.8 Å². The first-order valence-corrected chi connectivity index (χ1v) is 11.3. The molecular weight excluding hydrogens is 358 g/mol. The third-order valence-electron chi connectivity index (χ3n) is 5.72. The van der Waals surface area contributed by atoms with E-state index in [4.69, 9.17) is 5.73 Å². The van der Waals surface area contributed by atoms with E-state index in [1.54, 1.807) is 0 Å². The van der Waals surface area contributed by atoms with Crippen molar-refractivity contribution in [2.75, 3.05) is 6.26 Å². The van der Waals surface area contributed by atoms with Crippen LogP contribution in [0.5, 0.6) is 0 Å². The van der Waals surface area contributed by atoms with Gasteiger partial charge < -0.3 is 5.73 Å². The Kier molecular flexibility index (Phi) is 6.98. The van der Waals surface area contributed by atoms with Crippen LogP contribution in [-0.4, -0.2) is 6.26 Å². The lowest BCUT2D eigenvalue weighted by molar-refractivity contribution is 0.814. The van der Waals surface area contributed by atoms with Crippen molar-refractivity contribution in [3.8, 4) is 0 Å². The summed E-state index contributed by atoms with van der Waals surface area (Å²) in [5.41, 5.74) is 15.6. The molecule has 1 aliphatic rings. The van der Waals surface area contributed by atoms with Gasteiger partial charge in [-0.3, -0.25) is 0 Å². The van der Waals surface area contributed by atoms with Gasteiger partial charge in [-0.05, 0) is 72.8 Å². The van der Waals surface area contributed by atoms with Crippen molar-refractivity contribution in [3.05, 3.63) is 101 Å². The van der Waals surface area contributed by atoms with Gasteiger partial charge in [-0.15, -0.1) is 0 Å². The molecule has 0 amide bonds. The zero-order chi connectivity index (χ0) is 20.1. The summed E-state index contributed by atoms with van der Waals surface area (Å²) < 4.78 is 0. The number of allylic oxidation sites excluding steroid dienone is 4. The van der Waals surface area contributed by atoms with Gasteiger partial charge in [0.25, 0.3) is 0 Å². The molecule has 2 heteroatoms. The zero-order valence-corrected chi connectivity index (χ0v) is 18.1. The van der Waals surface area contributed by atoms with E-state index in [-0.39, 0.29) is 6.04 Å². The lowest BCUT2D eigenvalue weighted by atomic mass is 9.86. The Morgan fingerprint density at radius 2 is 1.79 bits per heavy atom. The highest BCUT2D eigenvalue weighted by molar-refractivity contribution is 7.98. The van der Waals surface area contributed by atoms with E-state index >= 15 is 0 Å². The van der Waals surface area contributed by atoms with Crippen molar-refractivity contribution in [3.63, 3.8) is 0 Å². The molecule has 0 heterocycles. The Hall–Kier alpha value is -2.03. The Bertz CT molecular complexity index is 889. The molecule has 1 aliphatic carbocycles. The maximum atomic E-state index is 6.57. The number of benzene rings is 2. The number of thioether (sulfide) groups is 1. The van der Waals surface area contributed by atoms with Gasteiger partial charge in [0.15, 0.2) is 0 Å². The first-order chi connectivity index (χ1) is 13.5. The van der Waals surface area contributed by atoms with Crippen LogP contribution in [0.4, 0.5) is 0 Å². The molecule has 0 saturated heterocycles. The van der Waals surface area contributed by atoms with Crippen molar-refractivity contribution < 1.29 is 0 Å². The van der Waals surface area contributed by atoms with Gasteiger partial charge in [0.05, 0.1) is 6.04 Å². The lowest BCUT2D eigenvalue weighted by Gasteiger charge is -2.21. The smallest absolute Gasteiger partial charge is 0.0511 e. The highest BCUT2D eigenvalue weighted by atomic mass is 32.2. The molecule has 2 aromatic carbocycles. The van der Waals surface area contributed by atoms with Crippen LogP contribution >= 0.6 is 11.8 Å². The van der Waals surface area contributed by atoms with Gasteiger partial charge in [-0.25, -0.2) is 0 Å². The molecule has 3 rings (SSSR count). The summed E-state index contributed by atoms with van der Waals surface area (Å²) in [7, 11) is 0. The van der Waals surface area contributed by atoms with E-state index in [0.717, 1.165) is 30.4 Å². The Morgan fingerprint density at radius 1 is 1.11 bits per heavy atom. The summed E-state index contributed by atoms with van der Waals surface area (Å²) in [6, 6.07) is 17.3. The molecule has 28 heavy (non-hydrogen) atoms. The Labute approximate surface area is 174 Å². The second kappa shape index (κ2) is 9.45. The summed E-state index contributed by atoms with van der Waals surface area (Å²) in [6.45, 7) is 8.78. The fraction of sp³-hybridized carbons (Fsp3) is 0.308. The zero-order valence-electron chi connectivity index (χ0n) is 17.2. The van der Waals surface area contributed by atoms with Crippen LogP contribution in [0, 0.1) is 0 Å². The molecule has 2 aromatic rings. The SMILES string of the molecule is C=C(Cc1ccccc1C1=C(C)C=CCC1)C(N)c1ccc(C(C)SC)cc1. The molecule has 2 N–H and O–H groups in total. The third-order valence-corrected chi connectivity index (χ3v) is 6.70. The van der Waals surface area contributed by atoms with Gasteiger partial charge in [-0.2, -0.15) is 11.8 Å². The molecule has 146 valence electrons. The summed E-state index contributed by atoms with van der Waals surface area (Å²) in [4.78, 5) is 0. The van der Waals surface area contributed by atoms with Gasteiger partial charge in [-0.1, -0.05) is 72.8 Å². The number of hydrogen-bond donors (Lipinski definition) is 1. The van der Waals surface area contributed by atoms with Crippen molar-refractivity contribution >= 4 is 17.3 Å². The Morgan fingerprint density at radius 3 is 2.46 bits per heavy atom. The maximum Gasteiger partial charge on any atom is 0.0511 e. The Balaban J connectivity index is 1.79. The quantitative estimate of drug-likeness (QED) is 0.514. The largest absolute Gasteiger partial charge is 0.321 e. The molecule has 0 radical (unpaired) electrons. The fourth-order valence-electron chi connectivity index (χ4n) is 3.80. The van der Waals surface area contributed by atoms with Crippen molar-refractivity contribution in [2.24, 2.45) is 5.73 Å². The van der Waals surface area contributed by atoms with Crippen LogP contribution in [0.1, 0.15) is 60.2 Å². The molecule has 0 saturated carbocycles. The second-order valence-electron chi connectivity index (χ2n) is 7.62. The van der Waals surface area contributed by atoms with Crippen molar-refractivity contribution in [1.82, 2.24) is 0 Å². The molecule has 0 bridgehead atoms. The van der Waals surface area contributed by atoms with Gasteiger partial charge >= 0.3 is 0 Å². The van der Waals surface area contributed by atoms with Crippen LogP contribution in [0.3, 0.4) is 0 Å². The number of nitrogens with two attached hydrogens (primary N) is 1. The standard InChI is InChI=1S/C26H31NS/c1-18-9-5-7-11-24(18)25-12-8-6-10-23(25)17-19(2)26(27)22-15-13-21(14-16-22)20(3)28-4/h5-6,8-10,12-16,20,26H,2,7,11,17,27H2,1,3-4H3. The maximum absolute atomic E-state index is 6.57. The average Bonchev–Trinajstić information content (AvgIpc) is 2.73. The summed E-state index contributed by atoms with van der Waals surface area (Å²) in [5, 5.41) is 0.501. The normalized spacial score (nSPS) is 16.1. The van der Waals surface area contributed by atoms with Crippen molar-refractivity contribution in [2.45, 2.75) is 44.4 Å². The molecular formula is C26H31NS. The van der Waals surface area contributed by atoms with E-state index in [0.29, 0.717) is 5.25 Å². The lowest BCUT2D eigenvalue weighted by Crippen LogP contribution is -2.15. The minimum Gasteiger partial charge on any atom is -0.321 e. The molecule has 0 spiro atoms. The van der Waals surface area contributed by atoms with Gasteiger partial charge in [0.2, 0.25) is 0 Å². The highest BCUT2D eigenvalue weighted by Gasteiger charge is 2.16. The molecule has 0 aliphatic heterocycles. The molecule has 2 atom stereocenters. The van der Waals surface area contributed by atoms with E-state index in [2.05, 4.69) is 87.4 Å². The summed E-state index contributed by atoms with van der Waals surface area (Å²) in [6.07, 6.45) is 9.67. The van der Waals surface area contributed by atoms with Crippen LogP contribution in [0.15, 0.2) is 78.4 Å². The third kappa shape index (κ3) is 4.68. The summed E-state index contributed by atoms with van der Waals surface area (Å²) in [5.74, 6) is 0. The summed E-state index contributed by atoms with van der Waals surface area (Å²) >= 11 is 1.86. The van der Waals surface area contributed by atoms with E-state index in [9.17, 15) is 0 Å². The topological polar surface area (TPSA) is 26.0 Å². The molecule has 2 unspecified atom stereocenters. The first-order valence-electron chi connectivity index (χ1n) is 10.0. The number of rotatable bonds is 7. The van der Waals surface area contributed by atoms with Crippen LogP contribution in [-0.2, 0) is 6.42 Å². The number of hydrogen-bond acceptors (Lipinski definition) is 2. The predicted molar refractivity (Wildman–Crippen MR) is 126 cm³/mol. The average molecular weight is 390 g/mol. The first kappa shape index (κ1) is 20.7. The molecule has 1 nitrogen and oxygen atoms in total. The van der Waals surface area contributed by atoms with Gasteiger partial charge in [0.1, 0.15) is 0 Å². The minimum atomic E-state index is -0.145. The van der Waals surface area contributed by atoms with Crippen LogP contribution in [0.2, 0.25) is 0 Å². The monoisotopic (exact) mass is 389 g/mol. The van der Waals surface area contributed by atoms with E-state index < -0.39 is 0 Å². The highest BCUT2D eigenvalue weighted by Crippen LogP contribution is 2.33. The van der Waals surface area contributed by atoms with Crippen LogP contribution in [0.25, 0.3) is 5.57 Å². The second-order valence-corrected chi connectivity index (χ2v) is 8.80. The van der Waals surface area contributed by atoms with Crippen molar-refractivity contribution in [1.29, 1.82) is 0 Å². The molecule has 0 fully saturated rings. The van der Waals surface area contributed by atoms with E-state index in [1.807, 2.05) is 11.8 Å². The van der Waals surface area contributed by atoms with Gasteiger partial charge in [0, 0.05) is 5.25 Å². The predicted octanol–water partition coefficient (Wildman–Crippen LogP) is 7.03. The van der Waals surface area contributed by atoms with Crippen LogP contribution < -0.4 is 5.73 Å². The minimum absolute atomic E-state index is 0.145.